The molecule has 110 valence electrons. The van der Waals surface area contributed by atoms with Crippen molar-refractivity contribution in [3.63, 3.8) is 0 Å². The van der Waals surface area contributed by atoms with E-state index in [1.165, 1.54) is 29.8 Å². The molecule has 6 heteroatoms. The molecule has 0 saturated carbocycles. The first-order chi connectivity index (χ1) is 8.40. The van der Waals surface area contributed by atoms with Gasteiger partial charge >= 0.3 is 0 Å². The largest absolute Gasteiger partial charge is 0.376 e. The van der Waals surface area contributed by atoms with Gasteiger partial charge in [0.2, 0.25) is 0 Å². The van der Waals surface area contributed by atoms with Crippen molar-refractivity contribution < 1.29 is 4.74 Å². The molecule has 4 nitrogen and oxygen atoms in total. The molecule has 1 aromatic rings. The van der Waals surface area contributed by atoms with Crippen LogP contribution in [0.25, 0.3) is 0 Å². The maximum absolute atomic E-state index is 5.62. The van der Waals surface area contributed by atoms with Crippen molar-refractivity contribution in [3.8, 4) is 0 Å². The Morgan fingerprint density at radius 1 is 1.32 bits per heavy atom. The van der Waals surface area contributed by atoms with Gasteiger partial charge in [0, 0.05) is 30.1 Å². The van der Waals surface area contributed by atoms with Gasteiger partial charge < -0.3 is 10.1 Å². The van der Waals surface area contributed by atoms with Crippen LogP contribution in [0, 0.1) is 0 Å². The monoisotopic (exact) mass is 307 g/mol. The average Bonchev–Trinajstić information content (AvgIpc) is 2.78. The number of halogens is 2. The zero-order valence-electron chi connectivity index (χ0n) is 11.4. The minimum absolute atomic E-state index is 0. The highest BCUT2D eigenvalue weighted by Crippen LogP contribution is 2.31. The maximum atomic E-state index is 5.62. The number of nitrogens with one attached hydrogen (secondary N) is 1. The van der Waals surface area contributed by atoms with Crippen molar-refractivity contribution in [3.05, 3.63) is 17.0 Å². The van der Waals surface area contributed by atoms with E-state index in [2.05, 4.69) is 16.9 Å². The number of fused-ring (bicyclic) bond motifs is 1. The second-order valence-corrected chi connectivity index (χ2v) is 4.95. The molecule has 1 fully saturated rings. The number of hydrogen-bond donors (Lipinski definition) is 1. The second-order valence-electron chi connectivity index (χ2n) is 4.95. The number of piperidine rings is 1. The molecule has 0 aliphatic carbocycles. The number of ether oxygens (including phenoxy) is 1. The third kappa shape index (κ3) is 3.24. The van der Waals surface area contributed by atoms with Gasteiger partial charge in [0.1, 0.15) is 0 Å². The molecule has 2 aliphatic rings. The van der Waals surface area contributed by atoms with E-state index in [1.54, 1.807) is 0 Å². The first-order valence-corrected chi connectivity index (χ1v) is 6.77. The zero-order valence-corrected chi connectivity index (χ0v) is 13.0. The summed E-state index contributed by atoms with van der Waals surface area (Å²) >= 11 is 0. The Labute approximate surface area is 127 Å². The summed E-state index contributed by atoms with van der Waals surface area (Å²) < 4.78 is 7.81. The Bertz CT molecular complexity index is 403. The summed E-state index contributed by atoms with van der Waals surface area (Å²) in [4.78, 5) is 0. The van der Waals surface area contributed by atoms with Gasteiger partial charge in [-0.1, -0.05) is 0 Å². The summed E-state index contributed by atoms with van der Waals surface area (Å²) in [5.41, 5.74) is 4.14. The first kappa shape index (κ1) is 16.8. The molecule has 2 aliphatic heterocycles. The van der Waals surface area contributed by atoms with Gasteiger partial charge in [-0.2, -0.15) is 5.10 Å². The Hall–Kier alpha value is -0.290. The highest BCUT2D eigenvalue weighted by Gasteiger charge is 2.26. The van der Waals surface area contributed by atoms with Crippen LogP contribution in [0.2, 0.25) is 0 Å². The third-order valence-electron chi connectivity index (χ3n) is 3.95. The topological polar surface area (TPSA) is 39.1 Å². The smallest absolute Gasteiger partial charge is 0.0753 e. The van der Waals surface area contributed by atoms with Crippen LogP contribution < -0.4 is 5.32 Å². The molecule has 0 radical (unpaired) electrons. The summed E-state index contributed by atoms with van der Waals surface area (Å²) in [7, 11) is 0. The van der Waals surface area contributed by atoms with Crippen LogP contribution in [0.5, 0.6) is 0 Å². The summed E-state index contributed by atoms with van der Waals surface area (Å²) in [5, 5.41) is 8.26. The van der Waals surface area contributed by atoms with Crippen LogP contribution in [0.3, 0.4) is 0 Å². The molecule has 1 saturated heterocycles. The fourth-order valence-corrected chi connectivity index (χ4v) is 3.02. The molecule has 0 aromatic carbocycles. The Balaban J connectivity index is 0.000000902. The molecule has 3 heterocycles. The highest BCUT2D eigenvalue weighted by atomic mass is 35.5. The average molecular weight is 308 g/mol. The Kier molecular flexibility index (Phi) is 6.60. The van der Waals surface area contributed by atoms with Crippen LogP contribution in [0.1, 0.15) is 42.6 Å². The zero-order chi connectivity index (χ0) is 11.7. The molecule has 0 unspecified atom stereocenters. The molecule has 0 atom stereocenters. The minimum Gasteiger partial charge on any atom is -0.376 e. The van der Waals surface area contributed by atoms with Crippen molar-refractivity contribution in [1.82, 2.24) is 15.1 Å². The minimum atomic E-state index is 0. The van der Waals surface area contributed by atoms with E-state index in [0.29, 0.717) is 5.92 Å². The van der Waals surface area contributed by atoms with E-state index in [-0.39, 0.29) is 24.8 Å². The summed E-state index contributed by atoms with van der Waals surface area (Å²) in [6.07, 6.45) is 3.46. The van der Waals surface area contributed by atoms with Crippen molar-refractivity contribution in [2.75, 3.05) is 19.7 Å². The van der Waals surface area contributed by atoms with Crippen LogP contribution in [-0.2, 0) is 24.3 Å². The molecular formula is C13H23Cl2N3O. The van der Waals surface area contributed by atoms with E-state index in [0.717, 1.165) is 39.3 Å². The molecule has 0 bridgehead atoms. The first-order valence-electron chi connectivity index (χ1n) is 6.77. The number of hydrogen-bond acceptors (Lipinski definition) is 3. The van der Waals surface area contributed by atoms with E-state index >= 15 is 0 Å². The molecule has 1 N–H and O–H groups in total. The lowest BCUT2D eigenvalue weighted by Gasteiger charge is -2.23. The van der Waals surface area contributed by atoms with Crippen molar-refractivity contribution >= 4 is 24.8 Å². The molecule has 0 spiro atoms. The van der Waals surface area contributed by atoms with Gasteiger partial charge in [0.25, 0.3) is 0 Å². The SMILES string of the molecule is CCn1nc(C2CCNCC2)c2c1CCOC2.Cl.Cl. The predicted molar refractivity (Wildman–Crippen MR) is 80.6 cm³/mol. The van der Waals surface area contributed by atoms with Crippen molar-refractivity contribution in [2.45, 2.75) is 45.3 Å². The highest BCUT2D eigenvalue weighted by molar-refractivity contribution is 5.85. The number of aryl methyl sites for hydroxylation is 1. The van der Waals surface area contributed by atoms with Gasteiger partial charge in [0.15, 0.2) is 0 Å². The molecular weight excluding hydrogens is 285 g/mol. The van der Waals surface area contributed by atoms with E-state index < -0.39 is 0 Å². The summed E-state index contributed by atoms with van der Waals surface area (Å²) in [6.45, 7) is 7.03. The fraction of sp³-hybridized carbons (Fsp3) is 0.769. The van der Waals surface area contributed by atoms with Gasteiger partial charge in [-0.25, -0.2) is 0 Å². The number of aromatic nitrogens is 2. The van der Waals surface area contributed by atoms with Crippen LogP contribution in [0.15, 0.2) is 0 Å². The Morgan fingerprint density at radius 3 is 2.74 bits per heavy atom. The number of rotatable bonds is 2. The quantitative estimate of drug-likeness (QED) is 0.911. The fourth-order valence-electron chi connectivity index (χ4n) is 3.02. The summed E-state index contributed by atoms with van der Waals surface area (Å²) in [6, 6.07) is 0. The third-order valence-corrected chi connectivity index (χ3v) is 3.95. The van der Waals surface area contributed by atoms with E-state index in [9.17, 15) is 0 Å². The van der Waals surface area contributed by atoms with E-state index in [1.807, 2.05) is 0 Å². The molecule has 1 aromatic heterocycles. The van der Waals surface area contributed by atoms with Crippen LogP contribution in [0.4, 0.5) is 0 Å². The van der Waals surface area contributed by atoms with E-state index in [4.69, 9.17) is 9.84 Å². The molecule has 3 rings (SSSR count). The lowest BCUT2D eigenvalue weighted by atomic mass is 9.91. The van der Waals surface area contributed by atoms with Gasteiger partial charge in [-0.05, 0) is 32.9 Å². The predicted octanol–water partition coefficient (Wildman–Crippen LogP) is 2.29. The lowest BCUT2D eigenvalue weighted by molar-refractivity contribution is 0.108. The standard InChI is InChI=1S/C13H21N3O.2ClH/c1-2-16-12-5-8-17-9-11(12)13(15-16)10-3-6-14-7-4-10;;/h10,14H,2-9H2,1H3;2*1H. The molecule has 19 heavy (non-hydrogen) atoms. The number of nitrogens with zero attached hydrogens (tertiary/aromatic N) is 2. The van der Waals surface area contributed by atoms with Crippen LogP contribution >= 0.6 is 24.8 Å². The maximum Gasteiger partial charge on any atom is 0.0753 e. The second kappa shape index (κ2) is 7.48. The Morgan fingerprint density at radius 2 is 2.05 bits per heavy atom. The normalized spacial score (nSPS) is 19.2. The van der Waals surface area contributed by atoms with Gasteiger partial charge in [-0.3, -0.25) is 4.68 Å². The van der Waals surface area contributed by atoms with Crippen molar-refractivity contribution in [2.24, 2.45) is 0 Å². The van der Waals surface area contributed by atoms with Gasteiger partial charge in [-0.15, -0.1) is 24.8 Å². The van der Waals surface area contributed by atoms with Crippen molar-refractivity contribution in [1.29, 1.82) is 0 Å². The lowest BCUT2D eigenvalue weighted by Crippen LogP contribution is -2.27. The van der Waals surface area contributed by atoms with Gasteiger partial charge in [0.05, 0.1) is 18.9 Å². The molecule has 0 amide bonds. The van der Waals surface area contributed by atoms with Crippen LogP contribution in [-0.4, -0.2) is 29.5 Å². The summed E-state index contributed by atoms with van der Waals surface area (Å²) in [5.74, 6) is 0.638.